The van der Waals surface area contributed by atoms with Crippen LogP contribution in [0.1, 0.15) is 52.5 Å². The molecule has 0 radical (unpaired) electrons. The molecule has 1 saturated carbocycles. The van der Waals surface area contributed by atoms with Gasteiger partial charge in [0, 0.05) is 18.2 Å². The Morgan fingerprint density at radius 3 is 2.50 bits per heavy atom. The van der Waals surface area contributed by atoms with Crippen LogP contribution in [-0.2, 0) is 6.42 Å². The molecule has 1 aliphatic carbocycles. The van der Waals surface area contributed by atoms with Crippen molar-refractivity contribution in [1.29, 1.82) is 0 Å². The van der Waals surface area contributed by atoms with Gasteiger partial charge in [0.1, 0.15) is 5.75 Å². The summed E-state index contributed by atoms with van der Waals surface area (Å²) < 4.78 is 5.58. The van der Waals surface area contributed by atoms with Crippen LogP contribution >= 0.6 is 0 Å². The Bertz CT molecular complexity index is 488. The first-order chi connectivity index (χ1) is 9.33. The number of benzene rings is 1. The molecule has 0 aromatic heterocycles. The molecule has 0 spiro atoms. The zero-order valence-corrected chi connectivity index (χ0v) is 13.3. The first-order valence-corrected chi connectivity index (χ1v) is 7.85. The molecule has 1 N–H and O–H groups in total. The molecule has 1 aromatic carbocycles. The third-order valence-corrected chi connectivity index (χ3v) is 4.62. The Labute approximate surface area is 122 Å². The van der Waals surface area contributed by atoms with Crippen LogP contribution in [0.15, 0.2) is 18.2 Å². The molecule has 0 atom stereocenters. The predicted molar refractivity (Wildman–Crippen MR) is 84.5 cm³/mol. The largest absolute Gasteiger partial charge is 0.493 e. The lowest BCUT2D eigenvalue weighted by Gasteiger charge is -2.45. The molecule has 1 fully saturated rings. The van der Waals surface area contributed by atoms with Crippen LogP contribution in [0.5, 0.6) is 5.75 Å². The monoisotopic (exact) mass is 273 g/mol. The van der Waals surface area contributed by atoms with E-state index in [4.69, 9.17) is 4.74 Å². The number of nitrogens with one attached hydrogen (secondary N) is 1. The van der Waals surface area contributed by atoms with E-state index in [1.54, 1.807) is 0 Å². The molecule has 3 rings (SSSR count). The zero-order valence-electron chi connectivity index (χ0n) is 13.3. The first-order valence-electron chi connectivity index (χ1n) is 7.85. The summed E-state index contributed by atoms with van der Waals surface area (Å²) in [5.41, 5.74) is 3.47. The van der Waals surface area contributed by atoms with Crippen LogP contribution in [0, 0.1) is 10.8 Å². The fourth-order valence-corrected chi connectivity index (χ4v) is 4.46. The SMILES string of the molecule is CC1(C)CC(Nc2ccc3c(c2)CCO3)CC(C)(C)C1. The van der Waals surface area contributed by atoms with Crippen LogP contribution in [0.4, 0.5) is 5.69 Å². The minimum absolute atomic E-state index is 0.430. The summed E-state index contributed by atoms with van der Waals surface area (Å²) in [5, 5.41) is 3.77. The summed E-state index contributed by atoms with van der Waals surface area (Å²) in [6, 6.07) is 7.13. The number of hydrogen-bond acceptors (Lipinski definition) is 2. The van der Waals surface area contributed by atoms with Gasteiger partial charge in [0.25, 0.3) is 0 Å². The second kappa shape index (κ2) is 4.68. The Morgan fingerprint density at radius 1 is 1.10 bits per heavy atom. The van der Waals surface area contributed by atoms with Crippen LogP contribution < -0.4 is 10.1 Å². The quantitative estimate of drug-likeness (QED) is 0.847. The Balaban J connectivity index is 1.74. The van der Waals surface area contributed by atoms with Crippen LogP contribution in [0.2, 0.25) is 0 Å². The molecule has 0 unspecified atom stereocenters. The molecule has 2 aliphatic rings. The maximum absolute atomic E-state index is 5.58. The first kappa shape index (κ1) is 13.8. The highest BCUT2D eigenvalue weighted by Crippen LogP contribution is 2.46. The van der Waals surface area contributed by atoms with E-state index in [0.29, 0.717) is 16.9 Å². The number of ether oxygens (including phenoxy) is 1. The summed E-state index contributed by atoms with van der Waals surface area (Å²) >= 11 is 0. The van der Waals surface area contributed by atoms with Gasteiger partial charge < -0.3 is 10.1 Å². The van der Waals surface area contributed by atoms with Crippen molar-refractivity contribution in [3.8, 4) is 5.75 Å². The molecular weight excluding hydrogens is 246 g/mol. The zero-order chi connectivity index (χ0) is 14.4. The molecule has 20 heavy (non-hydrogen) atoms. The van der Waals surface area contributed by atoms with E-state index in [2.05, 4.69) is 51.2 Å². The lowest BCUT2D eigenvalue weighted by molar-refractivity contribution is 0.105. The lowest BCUT2D eigenvalue weighted by Crippen LogP contribution is -2.40. The highest BCUT2D eigenvalue weighted by molar-refractivity contribution is 5.53. The number of rotatable bonds is 2. The maximum atomic E-state index is 5.58. The van der Waals surface area contributed by atoms with E-state index in [1.165, 1.54) is 30.5 Å². The number of anilines is 1. The van der Waals surface area contributed by atoms with Gasteiger partial charge in [-0.25, -0.2) is 0 Å². The van der Waals surface area contributed by atoms with Gasteiger partial charge in [-0.15, -0.1) is 0 Å². The van der Waals surface area contributed by atoms with Gasteiger partial charge in [0.05, 0.1) is 6.61 Å². The van der Waals surface area contributed by atoms with Gasteiger partial charge in [-0.05, 0) is 53.9 Å². The summed E-state index contributed by atoms with van der Waals surface area (Å²) in [7, 11) is 0. The standard InChI is InChI=1S/C18H27NO/c1-17(2)10-15(11-18(3,4)12-17)19-14-5-6-16-13(9-14)7-8-20-16/h5-6,9,15,19H,7-8,10-12H2,1-4H3. The molecule has 2 heteroatoms. The Kier molecular flexibility index (Phi) is 3.23. The van der Waals surface area contributed by atoms with Crippen molar-refractivity contribution in [3.05, 3.63) is 23.8 Å². The van der Waals surface area contributed by atoms with Crippen molar-refractivity contribution in [2.45, 2.75) is 59.4 Å². The Hall–Kier alpha value is -1.18. The average molecular weight is 273 g/mol. The average Bonchev–Trinajstić information content (AvgIpc) is 2.71. The summed E-state index contributed by atoms with van der Waals surface area (Å²) in [4.78, 5) is 0. The molecule has 1 aromatic rings. The van der Waals surface area contributed by atoms with Crippen molar-refractivity contribution >= 4 is 5.69 Å². The van der Waals surface area contributed by atoms with Gasteiger partial charge in [0.15, 0.2) is 0 Å². The van der Waals surface area contributed by atoms with Gasteiger partial charge in [-0.2, -0.15) is 0 Å². The van der Waals surface area contributed by atoms with E-state index in [0.717, 1.165) is 18.8 Å². The van der Waals surface area contributed by atoms with Crippen molar-refractivity contribution < 1.29 is 4.74 Å². The molecule has 1 heterocycles. The van der Waals surface area contributed by atoms with E-state index < -0.39 is 0 Å². The molecule has 0 saturated heterocycles. The van der Waals surface area contributed by atoms with Crippen molar-refractivity contribution in [3.63, 3.8) is 0 Å². The normalized spacial score (nSPS) is 24.0. The second-order valence-electron chi connectivity index (χ2n) is 8.18. The van der Waals surface area contributed by atoms with Gasteiger partial charge >= 0.3 is 0 Å². The summed E-state index contributed by atoms with van der Waals surface area (Å²) in [5.74, 6) is 1.07. The number of hydrogen-bond donors (Lipinski definition) is 1. The van der Waals surface area contributed by atoms with Crippen molar-refractivity contribution in [2.24, 2.45) is 10.8 Å². The van der Waals surface area contributed by atoms with E-state index >= 15 is 0 Å². The third kappa shape index (κ3) is 2.94. The highest BCUT2D eigenvalue weighted by atomic mass is 16.5. The van der Waals surface area contributed by atoms with E-state index in [9.17, 15) is 0 Å². The molecule has 0 bridgehead atoms. The maximum Gasteiger partial charge on any atom is 0.122 e. The topological polar surface area (TPSA) is 21.3 Å². The van der Waals surface area contributed by atoms with Gasteiger partial charge in [-0.3, -0.25) is 0 Å². The van der Waals surface area contributed by atoms with E-state index in [1.807, 2.05) is 0 Å². The fourth-order valence-electron chi connectivity index (χ4n) is 4.46. The number of fused-ring (bicyclic) bond motifs is 1. The van der Waals surface area contributed by atoms with Gasteiger partial charge in [0.2, 0.25) is 0 Å². The molecule has 2 nitrogen and oxygen atoms in total. The molecule has 0 amide bonds. The lowest BCUT2D eigenvalue weighted by atomic mass is 9.63. The minimum Gasteiger partial charge on any atom is -0.493 e. The molecule has 110 valence electrons. The second-order valence-corrected chi connectivity index (χ2v) is 8.18. The fraction of sp³-hybridized carbons (Fsp3) is 0.667. The van der Waals surface area contributed by atoms with Crippen molar-refractivity contribution in [2.75, 3.05) is 11.9 Å². The Morgan fingerprint density at radius 2 is 1.80 bits per heavy atom. The smallest absolute Gasteiger partial charge is 0.122 e. The molecule has 1 aliphatic heterocycles. The summed E-state index contributed by atoms with van der Waals surface area (Å²) in [6.45, 7) is 10.4. The van der Waals surface area contributed by atoms with Crippen LogP contribution in [0.3, 0.4) is 0 Å². The third-order valence-electron chi connectivity index (χ3n) is 4.62. The van der Waals surface area contributed by atoms with Gasteiger partial charge in [-0.1, -0.05) is 27.7 Å². The van der Waals surface area contributed by atoms with Crippen LogP contribution in [0.25, 0.3) is 0 Å². The van der Waals surface area contributed by atoms with Crippen molar-refractivity contribution in [1.82, 2.24) is 0 Å². The molecular formula is C18H27NO. The van der Waals surface area contributed by atoms with Crippen LogP contribution in [-0.4, -0.2) is 12.6 Å². The highest BCUT2D eigenvalue weighted by Gasteiger charge is 2.38. The van der Waals surface area contributed by atoms with E-state index in [-0.39, 0.29) is 0 Å². The predicted octanol–water partition coefficient (Wildman–Crippen LogP) is 4.64. The minimum atomic E-state index is 0.430. The summed E-state index contributed by atoms with van der Waals surface area (Å²) in [6.07, 6.45) is 4.87.